The van der Waals surface area contributed by atoms with Crippen LogP contribution < -0.4 is 20.7 Å². The predicted octanol–water partition coefficient (Wildman–Crippen LogP) is 4.16. The van der Waals surface area contributed by atoms with Crippen LogP contribution >= 0.6 is 11.6 Å². The van der Waals surface area contributed by atoms with Crippen LogP contribution in [0.3, 0.4) is 0 Å². The van der Waals surface area contributed by atoms with Crippen LogP contribution in [0.25, 0.3) is 10.9 Å². The van der Waals surface area contributed by atoms with Crippen LogP contribution in [0.2, 0.25) is 5.02 Å². The lowest BCUT2D eigenvalue weighted by Gasteiger charge is -2.44. The number of ether oxygens (including phenoxy) is 1. The van der Waals surface area contributed by atoms with Gasteiger partial charge in [-0.3, -0.25) is 14.4 Å². The molecule has 0 saturated carbocycles. The topological polar surface area (TPSA) is 126 Å². The van der Waals surface area contributed by atoms with Gasteiger partial charge in [0.1, 0.15) is 34.8 Å². The van der Waals surface area contributed by atoms with Crippen LogP contribution in [0.1, 0.15) is 39.7 Å². The summed E-state index contributed by atoms with van der Waals surface area (Å²) in [5.74, 6) is -2.09. The van der Waals surface area contributed by atoms with Gasteiger partial charge in [-0.05, 0) is 44.0 Å². The Labute approximate surface area is 253 Å². The Kier molecular flexibility index (Phi) is 9.50. The van der Waals surface area contributed by atoms with E-state index in [0.717, 1.165) is 6.07 Å². The Balaban J connectivity index is 1.59. The number of benzene rings is 2. The molecule has 1 aliphatic rings. The first-order valence-electron chi connectivity index (χ1n) is 13.8. The number of nitrogens with one attached hydrogen (secondary N) is 3. The maximum absolute atomic E-state index is 14.6. The van der Waals surface area contributed by atoms with Crippen molar-refractivity contribution in [1.29, 1.82) is 0 Å². The molecule has 4 rings (SSSR count). The Morgan fingerprint density at radius 3 is 2.51 bits per heavy atom. The molecule has 2 amide bonds. The maximum Gasteiger partial charge on any atom is 0.246 e. The molecule has 43 heavy (non-hydrogen) atoms. The van der Waals surface area contributed by atoms with Gasteiger partial charge in [-0.25, -0.2) is 18.7 Å². The number of carbonyl (C=O) groups is 3. The van der Waals surface area contributed by atoms with E-state index in [0.29, 0.717) is 35.2 Å². The fourth-order valence-corrected chi connectivity index (χ4v) is 4.98. The molecular weight excluding hydrogens is 582 g/mol. The predicted molar refractivity (Wildman–Crippen MR) is 159 cm³/mol. The zero-order valence-electron chi connectivity index (χ0n) is 24.8. The number of Topliss-reactive ketones (excluding diaryl/α,β-unsaturated/α-hetero) is 1. The molecule has 230 valence electrons. The molecule has 1 saturated heterocycles. The van der Waals surface area contributed by atoms with Crippen molar-refractivity contribution in [3.05, 3.63) is 52.8 Å². The number of aromatic nitrogens is 2. The third-order valence-corrected chi connectivity index (χ3v) is 7.94. The molecule has 0 spiro atoms. The summed E-state index contributed by atoms with van der Waals surface area (Å²) in [5.41, 5.74) is 0.285. The molecule has 0 radical (unpaired) electrons. The smallest absolute Gasteiger partial charge is 0.246 e. The van der Waals surface area contributed by atoms with Gasteiger partial charge in [0.25, 0.3) is 0 Å². The molecule has 3 atom stereocenters. The number of amides is 2. The van der Waals surface area contributed by atoms with Crippen molar-refractivity contribution in [2.24, 2.45) is 5.41 Å². The van der Waals surface area contributed by atoms with E-state index < -0.39 is 40.2 Å². The average Bonchev–Trinajstić information content (AvgIpc) is 2.94. The molecular formula is C30H35ClF2N6O4. The first-order chi connectivity index (χ1) is 20.3. The maximum atomic E-state index is 14.6. The molecule has 10 nitrogen and oxygen atoms in total. The normalized spacial score (nSPS) is 16.3. The Hall–Kier alpha value is -3.90. The van der Waals surface area contributed by atoms with E-state index in [1.165, 1.54) is 24.4 Å². The van der Waals surface area contributed by atoms with Crippen molar-refractivity contribution in [2.45, 2.75) is 58.7 Å². The summed E-state index contributed by atoms with van der Waals surface area (Å²) in [6, 6.07) is 3.55. The third-order valence-electron chi connectivity index (χ3n) is 7.59. The molecule has 3 N–H and O–H groups in total. The van der Waals surface area contributed by atoms with Gasteiger partial charge in [-0.1, -0.05) is 32.4 Å². The van der Waals surface area contributed by atoms with E-state index in [4.69, 9.17) is 16.3 Å². The number of halogens is 3. The number of nitrogens with zero attached hydrogens (tertiary/aromatic N) is 3. The van der Waals surface area contributed by atoms with Crippen LogP contribution in [-0.2, 0) is 20.8 Å². The standard InChI is InChI=1S/C30H35ClF2N6O4/c1-15(34-5)28(41)38-26(30(2,3)4)29(42)39-10-9-21(39)22(40)12-16-11-17-20(13-23(16)43-6)35-14-36-27(17)37-19-8-7-18(32)24(31)25(19)33/h7-8,11,13-15,21,26,34H,9-10,12H2,1-6H3,(H,38,41)(H,35,36,37)/t15-,21-,26+/m0/s1. The van der Waals surface area contributed by atoms with Crippen molar-refractivity contribution < 1.29 is 27.9 Å². The Morgan fingerprint density at radius 1 is 1.19 bits per heavy atom. The second-order valence-corrected chi connectivity index (χ2v) is 11.9. The van der Waals surface area contributed by atoms with Crippen LogP contribution in [0.5, 0.6) is 5.75 Å². The molecule has 2 aromatic carbocycles. The summed E-state index contributed by atoms with van der Waals surface area (Å²) in [5, 5.41) is 8.34. The molecule has 0 unspecified atom stereocenters. The highest BCUT2D eigenvalue weighted by Gasteiger charge is 2.44. The van der Waals surface area contributed by atoms with Crippen molar-refractivity contribution in [1.82, 2.24) is 25.5 Å². The minimum Gasteiger partial charge on any atom is -0.496 e. The van der Waals surface area contributed by atoms with Gasteiger partial charge in [-0.15, -0.1) is 0 Å². The second kappa shape index (κ2) is 12.8. The first kappa shape index (κ1) is 32.0. The number of fused-ring (bicyclic) bond motifs is 1. The lowest BCUT2D eigenvalue weighted by Crippen LogP contribution is -2.64. The molecule has 1 aliphatic heterocycles. The highest BCUT2D eigenvalue weighted by atomic mass is 35.5. The quantitative estimate of drug-likeness (QED) is 0.290. The number of ketones is 1. The highest BCUT2D eigenvalue weighted by Crippen LogP contribution is 2.34. The minimum atomic E-state index is -0.975. The van der Waals surface area contributed by atoms with E-state index in [1.54, 1.807) is 26.1 Å². The Bertz CT molecular complexity index is 1560. The van der Waals surface area contributed by atoms with E-state index in [9.17, 15) is 23.2 Å². The minimum absolute atomic E-state index is 0.0675. The summed E-state index contributed by atoms with van der Waals surface area (Å²) in [6.07, 6.45) is 1.69. The van der Waals surface area contributed by atoms with Crippen molar-refractivity contribution in [2.75, 3.05) is 26.0 Å². The molecule has 1 fully saturated rings. The SMILES string of the molecule is CN[C@@H](C)C(=O)N[C@H](C(=O)N1CC[C@H]1C(=O)Cc1cc2c(Nc3ccc(F)c(Cl)c3F)ncnc2cc1OC)C(C)(C)C. The molecule has 2 heterocycles. The van der Waals surface area contributed by atoms with Gasteiger partial charge in [0.15, 0.2) is 11.6 Å². The van der Waals surface area contributed by atoms with E-state index in [1.807, 2.05) is 20.8 Å². The lowest BCUT2D eigenvalue weighted by atomic mass is 9.83. The van der Waals surface area contributed by atoms with Gasteiger partial charge >= 0.3 is 0 Å². The van der Waals surface area contributed by atoms with Gasteiger partial charge in [0, 0.05) is 30.0 Å². The molecule has 1 aromatic heterocycles. The fourth-order valence-electron chi connectivity index (χ4n) is 4.81. The largest absolute Gasteiger partial charge is 0.496 e. The number of carbonyl (C=O) groups excluding carboxylic acids is 3. The van der Waals surface area contributed by atoms with Gasteiger partial charge in [0.05, 0.1) is 30.4 Å². The number of hydrogen-bond donors (Lipinski definition) is 3. The van der Waals surface area contributed by atoms with Gasteiger partial charge < -0.3 is 25.6 Å². The van der Waals surface area contributed by atoms with Crippen molar-refractivity contribution >= 4 is 51.6 Å². The molecule has 3 aromatic rings. The molecule has 0 aliphatic carbocycles. The summed E-state index contributed by atoms with van der Waals surface area (Å²) in [4.78, 5) is 49.7. The molecule has 0 bridgehead atoms. The second-order valence-electron chi connectivity index (χ2n) is 11.5. The zero-order valence-corrected chi connectivity index (χ0v) is 25.6. The Morgan fingerprint density at radius 2 is 1.91 bits per heavy atom. The van der Waals surface area contributed by atoms with E-state index in [2.05, 4.69) is 25.9 Å². The fraction of sp³-hybridized carbons (Fsp3) is 0.433. The van der Waals surface area contributed by atoms with Gasteiger partial charge in [0.2, 0.25) is 11.8 Å². The number of hydrogen-bond acceptors (Lipinski definition) is 8. The summed E-state index contributed by atoms with van der Waals surface area (Å²) >= 11 is 5.73. The summed E-state index contributed by atoms with van der Waals surface area (Å²) in [6.45, 7) is 7.66. The van der Waals surface area contributed by atoms with E-state index >= 15 is 0 Å². The van der Waals surface area contributed by atoms with Gasteiger partial charge in [-0.2, -0.15) is 0 Å². The van der Waals surface area contributed by atoms with Crippen molar-refractivity contribution in [3.63, 3.8) is 0 Å². The number of likely N-dealkylation sites (N-methyl/N-ethyl adjacent to an activating group) is 1. The zero-order chi connectivity index (χ0) is 31.6. The van der Waals surface area contributed by atoms with Crippen molar-refractivity contribution in [3.8, 4) is 5.75 Å². The van der Waals surface area contributed by atoms with E-state index in [-0.39, 0.29) is 35.5 Å². The number of methoxy groups -OCH3 is 1. The first-order valence-corrected chi connectivity index (χ1v) is 14.2. The van der Waals surface area contributed by atoms with Crippen LogP contribution in [-0.4, -0.2) is 71.3 Å². The molecule has 13 heteroatoms. The summed E-state index contributed by atoms with van der Waals surface area (Å²) in [7, 11) is 3.12. The summed E-state index contributed by atoms with van der Waals surface area (Å²) < 4.78 is 33.8. The highest BCUT2D eigenvalue weighted by molar-refractivity contribution is 6.31. The van der Waals surface area contributed by atoms with Crippen LogP contribution in [0.4, 0.5) is 20.3 Å². The number of rotatable bonds is 10. The number of anilines is 2. The van der Waals surface area contributed by atoms with Crippen LogP contribution in [0, 0.1) is 17.0 Å². The number of likely N-dealkylation sites (tertiary alicyclic amines) is 1. The lowest BCUT2D eigenvalue weighted by molar-refractivity contribution is -0.151. The third kappa shape index (κ3) is 6.70. The monoisotopic (exact) mass is 616 g/mol. The average molecular weight is 617 g/mol. The van der Waals surface area contributed by atoms with Crippen LogP contribution in [0.15, 0.2) is 30.6 Å².